The van der Waals surface area contributed by atoms with E-state index in [4.69, 9.17) is 9.94 Å². The maximum absolute atomic E-state index is 8.31. The fourth-order valence-electron chi connectivity index (χ4n) is 0.663. The van der Waals surface area contributed by atoms with E-state index in [1.807, 2.05) is 0 Å². The van der Waals surface area contributed by atoms with Crippen LogP contribution in [0.2, 0.25) is 0 Å². The first kappa shape index (κ1) is 9.13. The summed E-state index contributed by atoms with van der Waals surface area (Å²) in [6.45, 7) is 2.92. The molecule has 0 radical (unpaired) electrons. The Labute approximate surface area is 60.1 Å². The van der Waals surface area contributed by atoms with Crippen LogP contribution in [0.15, 0.2) is 0 Å². The first-order chi connectivity index (χ1) is 3.93. The van der Waals surface area contributed by atoms with Gasteiger partial charge in [0.1, 0.15) is 0 Å². The van der Waals surface area contributed by atoms with E-state index in [1.165, 1.54) is 0 Å². The summed E-state index contributed by atoms with van der Waals surface area (Å²) in [5.41, 5.74) is 2.06. The van der Waals surface area contributed by atoms with Crippen molar-refractivity contribution in [1.29, 1.82) is 0 Å². The van der Waals surface area contributed by atoms with E-state index in [-0.39, 0.29) is 12.4 Å². The molecule has 0 atom stereocenters. The van der Waals surface area contributed by atoms with Crippen molar-refractivity contribution < 1.29 is 9.94 Å². The van der Waals surface area contributed by atoms with Crippen molar-refractivity contribution in [2.75, 3.05) is 26.3 Å². The van der Waals surface area contributed by atoms with Crippen molar-refractivity contribution in [3.63, 3.8) is 0 Å². The number of ether oxygens (including phenoxy) is 1. The molecule has 5 heteroatoms. The minimum atomic E-state index is 0. The van der Waals surface area contributed by atoms with Gasteiger partial charge in [0.2, 0.25) is 0 Å². The maximum Gasteiger partial charge on any atom is 0.0609 e. The number of hydrogen-bond acceptors (Lipinski definition) is 4. The Morgan fingerprint density at radius 1 is 1.33 bits per heavy atom. The van der Waals surface area contributed by atoms with Crippen molar-refractivity contribution in [3.8, 4) is 0 Å². The zero-order valence-corrected chi connectivity index (χ0v) is 5.86. The fourth-order valence-corrected chi connectivity index (χ4v) is 0.663. The first-order valence-electron chi connectivity index (χ1n) is 2.66. The minimum absolute atomic E-state index is 0. The second-order valence-corrected chi connectivity index (χ2v) is 1.70. The van der Waals surface area contributed by atoms with Gasteiger partial charge in [-0.05, 0) is 0 Å². The topological polar surface area (TPSA) is 44.7 Å². The Morgan fingerprint density at radius 3 is 2.22 bits per heavy atom. The number of rotatable bonds is 1. The van der Waals surface area contributed by atoms with Crippen molar-refractivity contribution >= 4 is 12.4 Å². The van der Waals surface area contributed by atoms with Gasteiger partial charge in [0, 0.05) is 13.1 Å². The first-order valence-corrected chi connectivity index (χ1v) is 2.66. The monoisotopic (exact) mass is 154 g/mol. The highest BCUT2D eigenvalue weighted by atomic mass is 35.5. The average molecular weight is 155 g/mol. The number of halogens is 1. The largest absolute Gasteiger partial charge is 0.379 e. The van der Waals surface area contributed by atoms with Gasteiger partial charge in [-0.3, -0.25) is 0 Å². The average Bonchev–Trinajstić information content (AvgIpc) is 1.90. The highest BCUT2D eigenvalue weighted by Gasteiger charge is 2.06. The summed E-state index contributed by atoms with van der Waals surface area (Å²) in [4.78, 5) is 0. The van der Waals surface area contributed by atoms with Gasteiger partial charge in [-0.1, -0.05) is 0 Å². The summed E-state index contributed by atoms with van der Waals surface area (Å²) in [7, 11) is 0. The van der Waals surface area contributed by atoms with E-state index in [0.29, 0.717) is 13.2 Å². The lowest BCUT2D eigenvalue weighted by molar-refractivity contribution is -0.0758. The number of hydrazine groups is 1. The highest BCUT2D eigenvalue weighted by molar-refractivity contribution is 5.85. The Bertz CT molecular complexity index is 67.6. The molecule has 1 aliphatic heterocycles. The number of nitrogens with zero attached hydrogens (tertiary/aromatic N) is 1. The molecule has 0 aromatic heterocycles. The summed E-state index contributed by atoms with van der Waals surface area (Å²) in [6.07, 6.45) is 0. The SMILES string of the molecule is Cl.ONN1CCOCC1. The van der Waals surface area contributed by atoms with Gasteiger partial charge in [-0.2, -0.15) is 0 Å². The van der Waals surface area contributed by atoms with Crippen LogP contribution < -0.4 is 5.59 Å². The summed E-state index contributed by atoms with van der Waals surface area (Å²) in [5.74, 6) is 0. The summed E-state index contributed by atoms with van der Waals surface area (Å²) < 4.78 is 5.01. The maximum atomic E-state index is 8.31. The second kappa shape index (κ2) is 4.96. The smallest absolute Gasteiger partial charge is 0.0609 e. The van der Waals surface area contributed by atoms with Crippen LogP contribution in [-0.4, -0.2) is 36.5 Å². The summed E-state index contributed by atoms with van der Waals surface area (Å²) in [6, 6.07) is 0. The van der Waals surface area contributed by atoms with Gasteiger partial charge in [-0.15, -0.1) is 18.0 Å². The predicted molar refractivity (Wildman–Crippen MR) is 34.6 cm³/mol. The van der Waals surface area contributed by atoms with Gasteiger partial charge < -0.3 is 9.94 Å². The van der Waals surface area contributed by atoms with Crippen LogP contribution in [0.5, 0.6) is 0 Å². The minimum Gasteiger partial charge on any atom is -0.379 e. The zero-order valence-electron chi connectivity index (χ0n) is 5.04. The van der Waals surface area contributed by atoms with E-state index in [1.54, 1.807) is 5.01 Å². The summed E-state index contributed by atoms with van der Waals surface area (Å²) in [5, 5.41) is 10.0. The molecule has 9 heavy (non-hydrogen) atoms. The molecule has 2 N–H and O–H groups in total. The van der Waals surface area contributed by atoms with E-state index >= 15 is 0 Å². The van der Waals surface area contributed by atoms with Crippen LogP contribution in [0.25, 0.3) is 0 Å². The van der Waals surface area contributed by atoms with Crippen molar-refractivity contribution in [2.24, 2.45) is 0 Å². The normalized spacial score (nSPS) is 21.0. The Kier molecular flexibility index (Phi) is 5.03. The van der Waals surface area contributed by atoms with Gasteiger partial charge in [0.05, 0.1) is 13.2 Å². The van der Waals surface area contributed by atoms with Crippen LogP contribution in [0.3, 0.4) is 0 Å². The molecular weight excluding hydrogens is 144 g/mol. The molecule has 0 amide bonds. The van der Waals surface area contributed by atoms with Crippen LogP contribution in [0, 0.1) is 0 Å². The third kappa shape index (κ3) is 2.98. The van der Waals surface area contributed by atoms with Crippen LogP contribution in [-0.2, 0) is 4.74 Å². The highest BCUT2D eigenvalue weighted by Crippen LogP contribution is 1.89. The number of nitrogens with one attached hydrogen (secondary N) is 1. The van der Waals surface area contributed by atoms with E-state index in [0.717, 1.165) is 13.1 Å². The van der Waals surface area contributed by atoms with Crippen LogP contribution in [0.4, 0.5) is 0 Å². The van der Waals surface area contributed by atoms with E-state index in [2.05, 4.69) is 5.59 Å². The van der Waals surface area contributed by atoms with Crippen LogP contribution in [0.1, 0.15) is 0 Å². The molecule has 0 aliphatic carbocycles. The van der Waals surface area contributed by atoms with Gasteiger partial charge >= 0.3 is 0 Å². The zero-order chi connectivity index (χ0) is 5.82. The Hall–Kier alpha value is 0.130. The van der Waals surface area contributed by atoms with Gasteiger partial charge in [-0.25, -0.2) is 5.01 Å². The molecule has 1 rings (SSSR count). The molecule has 0 aromatic carbocycles. The van der Waals surface area contributed by atoms with Crippen molar-refractivity contribution in [1.82, 2.24) is 10.6 Å². The van der Waals surface area contributed by atoms with Crippen LogP contribution >= 0.6 is 12.4 Å². The predicted octanol–water partition coefficient (Wildman–Crippen LogP) is -0.366. The lowest BCUT2D eigenvalue weighted by Gasteiger charge is -2.23. The molecule has 0 aromatic rings. The van der Waals surface area contributed by atoms with E-state index in [9.17, 15) is 0 Å². The molecule has 1 aliphatic rings. The third-order valence-electron chi connectivity index (χ3n) is 1.15. The molecule has 1 saturated heterocycles. The molecule has 1 heterocycles. The van der Waals surface area contributed by atoms with Gasteiger partial charge in [0.25, 0.3) is 0 Å². The number of morpholine rings is 1. The molecular formula is C4H11ClN2O2. The molecule has 1 fully saturated rings. The molecule has 0 saturated carbocycles. The third-order valence-corrected chi connectivity index (χ3v) is 1.15. The standard InChI is InChI=1S/C4H10N2O2.ClH/c7-5-6-1-3-8-4-2-6;/h5,7H,1-4H2;1H. The number of hydrogen-bond donors (Lipinski definition) is 2. The molecule has 0 bridgehead atoms. The lowest BCUT2D eigenvalue weighted by atomic mass is 10.5. The van der Waals surface area contributed by atoms with Crippen molar-refractivity contribution in [3.05, 3.63) is 0 Å². The summed E-state index contributed by atoms with van der Waals surface area (Å²) >= 11 is 0. The lowest BCUT2D eigenvalue weighted by Crippen LogP contribution is -2.43. The van der Waals surface area contributed by atoms with E-state index < -0.39 is 0 Å². The molecule has 4 nitrogen and oxygen atoms in total. The Morgan fingerprint density at radius 2 is 1.89 bits per heavy atom. The quantitative estimate of drug-likeness (QED) is 0.506. The second-order valence-electron chi connectivity index (χ2n) is 1.70. The molecule has 0 spiro atoms. The van der Waals surface area contributed by atoms with Crippen molar-refractivity contribution in [2.45, 2.75) is 0 Å². The molecule has 0 unspecified atom stereocenters. The Balaban J connectivity index is 0.000000640. The fraction of sp³-hybridized carbons (Fsp3) is 1.00. The van der Waals surface area contributed by atoms with Gasteiger partial charge in [0.15, 0.2) is 0 Å². The molecule has 56 valence electrons.